The van der Waals surface area contributed by atoms with Crippen LogP contribution in [0.2, 0.25) is 0 Å². The van der Waals surface area contributed by atoms with Gasteiger partial charge < -0.3 is 9.84 Å². The lowest BCUT2D eigenvalue weighted by Crippen LogP contribution is -2.42. The van der Waals surface area contributed by atoms with Crippen LogP contribution in [0.4, 0.5) is 17.6 Å². The van der Waals surface area contributed by atoms with Crippen LogP contribution in [0.1, 0.15) is 20.3 Å². The third-order valence-electron chi connectivity index (χ3n) is 1.40. The number of carbonyl (C=O) groups is 2. The van der Waals surface area contributed by atoms with E-state index in [0.29, 0.717) is 0 Å². The minimum Gasteiger partial charge on any atom is -0.477 e. The summed E-state index contributed by atoms with van der Waals surface area (Å²) in [5, 5.41) is 7.93. The smallest absolute Gasteiger partial charge is 0.377 e. The van der Waals surface area contributed by atoms with E-state index in [1.165, 1.54) is 13.8 Å². The summed E-state index contributed by atoms with van der Waals surface area (Å²) in [5.41, 5.74) is 0. The molecule has 0 aliphatic carbocycles. The standard InChI is InChI=1S/C8H10F4O4/c1-4(2)16-6(15)8(11,12)3-7(9,10)5(13)14/h4H,3H2,1-2H3,(H,13,14). The third-order valence-corrected chi connectivity index (χ3v) is 1.40. The van der Waals surface area contributed by atoms with Crippen molar-refractivity contribution >= 4 is 11.9 Å². The molecule has 0 bridgehead atoms. The zero-order chi connectivity index (χ0) is 13.1. The first-order chi connectivity index (χ1) is 6.99. The van der Waals surface area contributed by atoms with Gasteiger partial charge in [0.15, 0.2) is 0 Å². The van der Waals surface area contributed by atoms with Crippen LogP contribution in [-0.4, -0.2) is 35.0 Å². The van der Waals surface area contributed by atoms with Crippen LogP contribution in [0.3, 0.4) is 0 Å². The van der Waals surface area contributed by atoms with Crippen molar-refractivity contribution in [3.63, 3.8) is 0 Å². The Labute approximate surface area is 88.2 Å². The molecule has 94 valence electrons. The highest BCUT2D eigenvalue weighted by atomic mass is 19.3. The first-order valence-electron chi connectivity index (χ1n) is 4.19. The Balaban J connectivity index is 4.68. The zero-order valence-electron chi connectivity index (χ0n) is 8.47. The van der Waals surface area contributed by atoms with Crippen molar-refractivity contribution in [2.45, 2.75) is 38.2 Å². The van der Waals surface area contributed by atoms with Gasteiger partial charge in [-0.05, 0) is 13.8 Å². The molecule has 0 unspecified atom stereocenters. The van der Waals surface area contributed by atoms with Crippen molar-refractivity contribution in [2.24, 2.45) is 0 Å². The highest BCUT2D eigenvalue weighted by Gasteiger charge is 2.54. The maximum Gasteiger partial charge on any atom is 0.377 e. The lowest BCUT2D eigenvalue weighted by molar-refractivity contribution is -0.195. The van der Waals surface area contributed by atoms with Crippen LogP contribution in [-0.2, 0) is 14.3 Å². The summed E-state index contributed by atoms with van der Waals surface area (Å²) in [6.45, 7) is 2.51. The predicted molar refractivity (Wildman–Crippen MR) is 43.4 cm³/mol. The van der Waals surface area contributed by atoms with E-state index in [2.05, 4.69) is 4.74 Å². The molecule has 0 saturated heterocycles. The second kappa shape index (κ2) is 4.67. The van der Waals surface area contributed by atoms with Gasteiger partial charge in [0, 0.05) is 0 Å². The van der Waals surface area contributed by atoms with Crippen molar-refractivity contribution in [3.8, 4) is 0 Å². The SMILES string of the molecule is CC(C)OC(=O)C(F)(F)CC(F)(F)C(=O)O. The molecular formula is C8H10F4O4. The van der Waals surface area contributed by atoms with Crippen LogP contribution in [0.15, 0.2) is 0 Å². The number of hydrogen-bond donors (Lipinski definition) is 1. The van der Waals surface area contributed by atoms with Crippen LogP contribution in [0, 0.1) is 0 Å². The number of carbonyl (C=O) groups excluding carboxylic acids is 1. The second-order valence-corrected chi connectivity index (χ2v) is 3.34. The molecule has 0 spiro atoms. The number of aliphatic carboxylic acids is 1. The summed E-state index contributed by atoms with van der Waals surface area (Å²) in [6, 6.07) is 0. The van der Waals surface area contributed by atoms with E-state index in [1.54, 1.807) is 0 Å². The fraction of sp³-hybridized carbons (Fsp3) is 0.750. The van der Waals surface area contributed by atoms with E-state index in [-0.39, 0.29) is 0 Å². The normalized spacial score (nSPS) is 12.7. The summed E-state index contributed by atoms with van der Waals surface area (Å²) >= 11 is 0. The molecule has 0 atom stereocenters. The monoisotopic (exact) mass is 246 g/mol. The number of esters is 1. The van der Waals surface area contributed by atoms with Crippen molar-refractivity contribution in [2.75, 3.05) is 0 Å². The van der Waals surface area contributed by atoms with Gasteiger partial charge in [0.25, 0.3) is 0 Å². The largest absolute Gasteiger partial charge is 0.477 e. The number of carboxylic acid groups (broad SMARTS) is 1. The zero-order valence-corrected chi connectivity index (χ0v) is 8.47. The van der Waals surface area contributed by atoms with Gasteiger partial charge in [-0.1, -0.05) is 0 Å². The molecule has 4 nitrogen and oxygen atoms in total. The number of halogens is 4. The van der Waals surface area contributed by atoms with Crippen LogP contribution in [0.5, 0.6) is 0 Å². The minimum absolute atomic E-state index is 0.906. The van der Waals surface area contributed by atoms with Gasteiger partial charge in [0.2, 0.25) is 0 Å². The van der Waals surface area contributed by atoms with E-state index in [1.807, 2.05) is 0 Å². The topological polar surface area (TPSA) is 63.6 Å². The van der Waals surface area contributed by atoms with E-state index in [9.17, 15) is 27.2 Å². The number of carboxylic acids is 1. The van der Waals surface area contributed by atoms with Gasteiger partial charge in [0.1, 0.15) is 0 Å². The van der Waals surface area contributed by atoms with Gasteiger partial charge in [-0.15, -0.1) is 0 Å². The molecule has 8 heteroatoms. The van der Waals surface area contributed by atoms with E-state index < -0.39 is 36.3 Å². The van der Waals surface area contributed by atoms with Gasteiger partial charge in [0.05, 0.1) is 12.5 Å². The van der Waals surface area contributed by atoms with Gasteiger partial charge in [-0.25, -0.2) is 9.59 Å². The Kier molecular flexibility index (Phi) is 4.28. The molecule has 1 N–H and O–H groups in total. The van der Waals surface area contributed by atoms with Crippen LogP contribution in [0.25, 0.3) is 0 Å². The quantitative estimate of drug-likeness (QED) is 0.592. The molecule has 0 aliphatic rings. The number of ether oxygens (including phenoxy) is 1. The summed E-state index contributed by atoms with van der Waals surface area (Å²) in [7, 11) is 0. The molecule has 0 aromatic rings. The van der Waals surface area contributed by atoms with E-state index in [0.717, 1.165) is 0 Å². The summed E-state index contributed by atoms with van der Waals surface area (Å²) in [4.78, 5) is 20.6. The maximum atomic E-state index is 12.8. The molecule has 0 rings (SSSR count). The first kappa shape index (κ1) is 14.7. The lowest BCUT2D eigenvalue weighted by atomic mass is 10.1. The Morgan fingerprint density at radius 3 is 1.94 bits per heavy atom. The minimum atomic E-state index is -4.68. The van der Waals surface area contributed by atoms with Crippen molar-refractivity contribution in [3.05, 3.63) is 0 Å². The van der Waals surface area contributed by atoms with Crippen LogP contribution < -0.4 is 0 Å². The number of rotatable bonds is 5. The predicted octanol–water partition coefficient (Wildman–Crippen LogP) is 1.68. The number of alkyl halides is 4. The summed E-state index contributed by atoms with van der Waals surface area (Å²) in [6.07, 6.45) is -3.32. The van der Waals surface area contributed by atoms with Crippen molar-refractivity contribution in [1.29, 1.82) is 0 Å². The Hall–Kier alpha value is -1.34. The highest BCUT2D eigenvalue weighted by Crippen LogP contribution is 2.31. The summed E-state index contributed by atoms with van der Waals surface area (Å²) in [5.74, 6) is -14.1. The average Bonchev–Trinajstić information content (AvgIpc) is 2.00. The maximum absolute atomic E-state index is 12.8. The fourth-order valence-corrected chi connectivity index (χ4v) is 0.727. The average molecular weight is 246 g/mol. The van der Waals surface area contributed by atoms with Gasteiger partial charge in [-0.2, -0.15) is 17.6 Å². The molecular weight excluding hydrogens is 236 g/mol. The molecule has 16 heavy (non-hydrogen) atoms. The highest BCUT2D eigenvalue weighted by molar-refractivity contribution is 5.81. The lowest BCUT2D eigenvalue weighted by Gasteiger charge is -2.19. The molecule has 0 radical (unpaired) electrons. The molecule has 0 aromatic heterocycles. The molecule has 0 amide bonds. The van der Waals surface area contributed by atoms with E-state index >= 15 is 0 Å². The third kappa shape index (κ3) is 4.03. The molecule has 0 aliphatic heterocycles. The van der Waals surface area contributed by atoms with Gasteiger partial charge >= 0.3 is 23.8 Å². The Morgan fingerprint density at radius 1 is 1.19 bits per heavy atom. The van der Waals surface area contributed by atoms with Crippen LogP contribution >= 0.6 is 0 Å². The molecule has 0 aromatic carbocycles. The van der Waals surface area contributed by atoms with Crippen molar-refractivity contribution < 1.29 is 37.0 Å². The van der Waals surface area contributed by atoms with Crippen molar-refractivity contribution in [1.82, 2.24) is 0 Å². The Bertz CT molecular complexity index is 288. The Morgan fingerprint density at radius 2 is 1.62 bits per heavy atom. The molecule has 0 heterocycles. The second-order valence-electron chi connectivity index (χ2n) is 3.34. The first-order valence-corrected chi connectivity index (χ1v) is 4.19. The van der Waals surface area contributed by atoms with Gasteiger partial charge in [-0.3, -0.25) is 0 Å². The fourth-order valence-electron chi connectivity index (χ4n) is 0.727. The number of hydrogen-bond acceptors (Lipinski definition) is 3. The molecule has 0 fully saturated rings. The van der Waals surface area contributed by atoms with E-state index in [4.69, 9.17) is 5.11 Å². The molecule has 0 saturated carbocycles. The summed E-state index contributed by atoms with van der Waals surface area (Å²) < 4.78 is 54.6.